The first-order valence-corrected chi connectivity index (χ1v) is 8.68. The molecule has 0 unspecified atom stereocenters. The summed E-state index contributed by atoms with van der Waals surface area (Å²) in [5.41, 5.74) is 10.7. The molecule has 0 saturated carbocycles. The Morgan fingerprint density at radius 1 is 1.17 bits per heavy atom. The molecule has 0 aliphatic carbocycles. The largest absolute Gasteiger partial charge is 0.403 e. The second kappa shape index (κ2) is 7.69. The molecule has 2 aromatic carbocycles. The number of imidazole rings is 1. The first-order chi connectivity index (χ1) is 14.1. The van der Waals surface area contributed by atoms with E-state index in [1.165, 1.54) is 6.21 Å². The van der Waals surface area contributed by atoms with E-state index in [1.54, 1.807) is 30.7 Å². The fourth-order valence-electron chi connectivity index (χ4n) is 2.68. The van der Waals surface area contributed by atoms with Gasteiger partial charge < -0.3 is 31.2 Å². The van der Waals surface area contributed by atoms with Gasteiger partial charge >= 0.3 is 6.01 Å². The van der Waals surface area contributed by atoms with Crippen LogP contribution >= 0.6 is 0 Å². The van der Waals surface area contributed by atoms with Crippen LogP contribution < -0.4 is 16.4 Å². The van der Waals surface area contributed by atoms with Crippen molar-refractivity contribution >= 4 is 35.0 Å². The molecule has 0 fully saturated rings. The van der Waals surface area contributed by atoms with Crippen molar-refractivity contribution in [3.05, 3.63) is 72.8 Å². The van der Waals surface area contributed by atoms with Crippen molar-refractivity contribution < 1.29 is 4.42 Å². The van der Waals surface area contributed by atoms with Crippen molar-refractivity contribution in [1.29, 1.82) is 5.41 Å². The van der Waals surface area contributed by atoms with E-state index in [0.29, 0.717) is 28.5 Å². The van der Waals surface area contributed by atoms with Gasteiger partial charge in [-0.1, -0.05) is 17.7 Å². The zero-order valence-electron chi connectivity index (χ0n) is 15.3. The minimum atomic E-state index is 0.237. The van der Waals surface area contributed by atoms with Crippen molar-refractivity contribution in [2.75, 3.05) is 16.4 Å². The van der Waals surface area contributed by atoms with Crippen molar-refractivity contribution in [3.63, 3.8) is 0 Å². The standard InChI is InChI=1S/C20H18N8O/c1-12(18-10-23-11-24-18)25-15-4-2-3-13(7-15)19-27-28-20(29-19)26-16-5-6-17(22)14(8-16)9-21/h2-11,21,25H,1,22H2,(H,23,24)(H,26,28). The number of hydrogen-bond donors (Lipinski definition) is 5. The van der Waals surface area contributed by atoms with Crippen molar-refractivity contribution in [2.24, 2.45) is 0 Å². The molecule has 0 spiro atoms. The number of aromatic amines is 1. The maximum Gasteiger partial charge on any atom is 0.320 e. The van der Waals surface area contributed by atoms with Crippen LogP contribution in [-0.4, -0.2) is 26.4 Å². The molecule has 0 aliphatic rings. The molecule has 0 amide bonds. The Morgan fingerprint density at radius 2 is 2.07 bits per heavy atom. The van der Waals surface area contributed by atoms with E-state index in [1.807, 2.05) is 24.3 Å². The Kier molecular flexibility index (Phi) is 4.77. The predicted octanol–water partition coefficient (Wildman–Crippen LogP) is 3.87. The van der Waals surface area contributed by atoms with Gasteiger partial charge in [-0.15, -0.1) is 5.10 Å². The highest BCUT2D eigenvalue weighted by Gasteiger charge is 2.11. The van der Waals surface area contributed by atoms with E-state index in [4.69, 9.17) is 15.6 Å². The summed E-state index contributed by atoms with van der Waals surface area (Å²) in [5, 5.41) is 21.8. The number of rotatable bonds is 7. The number of hydrogen-bond acceptors (Lipinski definition) is 8. The quantitative estimate of drug-likeness (QED) is 0.240. The van der Waals surface area contributed by atoms with E-state index >= 15 is 0 Å². The van der Waals surface area contributed by atoms with Crippen LogP contribution in [0.1, 0.15) is 11.3 Å². The van der Waals surface area contributed by atoms with Gasteiger partial charge in [-0.25, -0.2) is 4.98 Å². The fraction of sp³-hybridized carbons (Fsp3) is 0. The Balaban J connectivity index is 1.51. The van der Waals surface area contributed by atoms with Crippen LogP contribution in [0.25, 0.3) is 17.2 Å². The summed E-state index contributed by atoms with van der Waals surface area (Å²) in [5.74, 6) is 0.367. The lowest BCUT2D eigenvalue weighted by Crippen LogP contribution is -1.97. The van der Waals surface area contributed by atoms with Crippen LogP contribution in [0, 0.1) is 5.41 Å². The minimum Gasteiger partial charge on any atom is -0.403 e. The molecule has 4 rings (SSSR count). The lowest BCUT2D eigenvalue weighted by molar-refractivity contribution is 0.587. The third-order valence-corrected chi connectivity index (χ3v) is 4.15. The normalized spacial score (nSPS) is 10.5. The minimum absolute atomic E-state index is 0.237. The molecule has 0 aliphatic heterocycles. The van der Waals surface area contributed by atoms with E-state index in [2.05, 4.69) is 37.4 Å². The first kappa shape index (κ1) is 18.0. The van der Waals surface area contributed by atoms with Gasteiger partial charge in [0.05, 0.1) is 23.9 Å². The number of anilines is 4. The number of aromatic nitrogens is 4. The third-order valence-electron chi connectivity index (χ3n) is 4.15. The van der Waals surface area contributed by atoms with Crippen LogP contribution in [0.2, 0.25) is 0 Å². The van der Waals surface area contributed by atoms with Crippen LogP contribution in [-0.2, 0) is 0 Å². The Hall–Kier alpha value is -4.40. The molecule has 2 heterocycles. The Bertz CT molecular complexity index is 1160. The molecule has 6 N–H and O–H groups in total. The topological polar surface area (TPSA) is 142 Å². The highest BCUT2D eigenvalue weighted by atomic mass is 16.4. The average Bonchev–Trinajstić information content (AvgIpc) is 3.42. The summed E-state index contributed by atoms with van der Waals surface area (Å²) in [6, 6.07) is 13.0. The third kappa shape index (κ3) is 3.98. The molecule has 29 heavy (non-hydrogen) atoms. The molecular formula is C20H18N8O. The Morgan fingerprint density at radius 3 is 2.86 bits per heavy atom. The summed E-state index contributed by atoms with van der Waals surface area (Å²) < 4.78 is 5.72. The molecule has 0 saturated heterocycles. The first-order valence-electron chi connectivity index (χ1n) is 8.68. The molecule has 9 nitrogen and oxygen atoms in total. The number of H-pyrrole nitrogens is 1. The fourth-order valence-corrected chi connectivity index (χ4v) is 2.68. The number of nitrogens with zero attached hydrogens (tertiary/aromatic N) is 3. The maximum absolute atomic E-state index is 7.39. The molecule has 0 atom stereocenters. The Labute approximate surface area is 166 Å². The highest BCUT2D eigenvalue weighted by Crippen LogP contribution is 2.26. The van der Waals surface area contributed by atoms with E-state index in [9.17, 15) is 0 Å². The summed E-state index contributed by atoms with van der Waals surface area (Å²) in [6.45, 7) is 4.00. The number of nitrogens with one attached hydrogen (secondary N) is 4. The van der Waals surface area contributed by atoms with E-state index in [-0.39, 0.29) is 6.01 Å². The molecule has 0 bridgehead atoms. The monoisotopic (exact) mass is 386 g/mol. The summed E-state index contributed by atoms with van der Waals surface area (Å²) >= 11 is 0. The zero-order chi connectivity index (χ0) is 20.2. The van der Waals surface area contributed by atoms with Gasteiger partial charge in [0.2, 0.25) is 5.89 Å². The smallest absolute Gasteiger partial charge is 0.320 e. The molecule has 2 aromatic heterocycles. The second-order valence-electron chi connectivity index (χ2n) is 6.18. The van der Waals surface area contributed by atoms with Gasteiger partial charge in [0.25, 0.3) is 0 Å². The van der Waals surface area contributed by atoms with Crippen LogP contribution in [0.4, 0.5) is 23.1 Å². The summed E-state index contributed by atoms with van der Waals surface area (Å²) in [6.07, 6.45) is 4.48. The molecule has 9 heteroatoms. The predicted molar refractivity (Wildman–Crippen MR) is 113 cm³/mol. The SMILES string of the molecule is C=C(Nc1cccc(-c2nnc(Nc3ccc(N)c(C=N)c3)o2)c1)c1cnc[nH]1. The molecular weight excluding hydrogens is 368 g/mol. The van der Waals surface area contributed by atoms with Gasteiger partial charge in [0.1, 0.15) is 0 Å². The van der Waals surface area contributed by atoms with Gasteiger partial charge in [0, 0.05) is 34.4 Å². The van der Waals surface area contributed by atoms with Gasteiger partial charge in [-0.2, -0.15) is 0 Å². The van der Waals surface area contributed by atoms with Crippen LogP contribution in [0.15, 0.2) is 66.0 Å². The van der Waals surface area contributed by atoms with Crippen molar-refractivity contribution in [3.8, 4) is 11.5 Å². The lowest BCUT2D eigenvalue weighted by atomic mass is 10.2. The zero-order valence-corrected chi connectivity index (χ0v) is 15.3. The molecule has 144 valence electrons. The van der Waals surface area contributed by atoms with E-state index in [0.717, 1.165) is 16.9 Å². The number of nitrogen functional groups attached to an aromatic ring is 1. The van der Waals surface area contributed by atoms with Gasteiger partial charge in [-0.05, 0) is 36.4 Å². The molecule has 0 radical (unpaired) electrons. The highest BCUT2D eigenvalue weighted by molar-refractivity contribution is 5.87. The summed E-state index contributed by atoms with van der Waals surface area (Å²) in [7, 11) is 0. The maximum atomic E-state index is 7.39. The van der Waals surface area contributed by atoms with Crippen LogP contribution in [0.5, 0.6) is 0 Å². The lowest BCUT2D eigenvalue weighted by Gasteiger charge is -2.08. The van der Waals surface area contributed by atoms with Crippen molar-refractivity contribution in [2.45, 2.75) is 0 Å². The van der Waals surface area contributed by atoms with Gasteiger partial charge in [0.15, 0.2) is 0 Å². The van der Waals surface area contributed by atoms with Crippen LogP contribution in [0.3, 0.4) is 0 Å². The van der Waals surface area contributed by atoms with Gasteiger partial charge in [-0.3, -0.25) is 0 Å². The average molecular weight is 386 g/mol. The molecule has 4 aromatic rings. The second-order valence-corrected chi connectivity index (χ2v) is 6.18. The number of benzene rings is 2. The summed E-state index contributed by atoms with van der Waals surface area (Å²) in [4.78, 5) is 6.98. The number of nitrogens with two attached hydrogens (primary N) is 1. The van der Waals surface area contributed by atoms with Crippen molar-refractivity contribution in [1.82, 2.24) is 20.2 Å². The van der Waals surface area contributed by atoms with E-state index < -0.39 is 0 Å².